The average molecular weight is 215 g/mol. The zero-order chi connectivity index (χ0) is 11.3. The third kappa shape index (κ3) is 4.08. The Morgan fingerprint density at radius 3 is 2.47 bits per heavy atom. The van der Waals surface area contributed by atoms with Crippen LogP contribution in [0.25, 0.3) is 0 Å². The van der Waals surface area contributed by atoms with E-state index in [1.54, 1.807) is 4.90 Å². The predicted molar refractivity (Wildman–Crippen MR) is 57.8 cm³/mol. The van der Waals surface area contributed by atoms with Crippen molar-refractivity contribution in [2.45, 2.75) is 45.8 Å². The number of piperidine rings is 1. The quantitative estimate of drug-likeness (QED) is 0.723. The van der Waals surface area contributed by atoms with Gasteiger partial charge in [-0.15, -0.1) is 0 Å². The van der Waals surface area contributed by atoms with Crippen LogP contribution in [-0.4, -0.2) is 42.9 Å². The SMILES string of the molecule is CCOC(=O)N1CCC(OC(C)C)CC1. The fraction of sp³-hybridized carbons (Fsp3) is 0.909. The number of rotatable bonds is 3. The number of carbonyl (C=O) groups is 1. The Hall–Kier alpha value is -0.770. The Bertz CT molecular complexity index is 198. The molecule has 0 aromatic carbocycles. The molecule has 0 unspecified atom stereocenters. The van der Waals surface area contributed by atoms with Gasteiger partial charge in [-0.1, -0.05) is 0 Å². The molecular formula is C11H21NO3. The van der Waals surface area contributed by atoms with Gasteiger partial charge in [-0.05, 0) is 33.6 Å². The van der Waals surface area contributed by atoms with Crippen molar-refractivity contribution < 1.29 is 14.3 Å². The van der Waals surface area contributed by atoms with Crippen LogP contribution in [0.2, 0.25) is 0 Å². The van der Waals surface area contributed by atoms with E-state index in [4.69, 9.17) is 9.47 Å². The largest absolute Gasteiger partial charge is 0.450 e. The molecule has 1 heterocycles. The topological polar surface area (TPSA) is 38.8 Å². The van der Waals surface area contributed by atoms with Gasteiger partial charge in [0.25, 0.3) is 0 Å². The highest BCUT2D eigenvalue weighted by atomic mass is 16.6. The van der Waals surface area contributed by atoms with Crippen molar-refractivity contribution in [1.82, 2.24) is 4.90 Å². The van der Waals surface area contributed by atoms with Crippen molar-refractivity contribution >= 4 is 6.09 Å². The van der Waals surface area contributed by atoms with E-state index in [9.17, 15) is 4.79 Å². The first-order valence-electron chi connectivity index (χ1n) is 5.70. The lowest BCUT2D eigenvalue weighted by Crippen LogP contribution is -2.41. The lowest BCUT2D eigenvalue weighted by atomic mass is 10.1. The maximum absolute atomic E-state index is 11.4. The van der Waals surface area contributed by atoms with Crippen molar-refractivity contribution in [3.63, 3.8) is 0 Å². The van der Waals surface area contributed by atoms with Crippen molar-refractivity contribution in [2.75, 3.05) is 19.7 Å². The van der Waals surface area contributed by atoms with Gasteiger partial charge in [-0.3, -0.25) is 0 Å². The minimum absolute atomic E-state index is 0.194. The molecular weight excluding hydrogens is 194 g/mol. The number of nitrogens with zero attached hydrogens (tertiary/aromatic N) is 1. The molecule has 88 valence electrons. The number of ether oxygens (including phenoxy) is 2. The van der Waals surface area contributed by atoms with Crippen LogP contribution in [0.15, 0.2) is 0 Å². The average Bonchev–Trinajstić information content (AvgIpc) is 2.18. The molecule has 1 saturated heterocycles. The maximum Gasteiger partial charge on any atom is 0.409 e. The predicted octanol–water partition coefficient (Wildman–Crippen LogP) is 2.03. The van der Waals surface area contributed by atoms with E-state index in [1.807, 2.05) is 20.8 Å². The molecule has 1 rings (SSSR count). The summed E-state index contributed by atoms with van der Waals surface area (Å²) in [5, 5.41) is 0. The molecule has 0 aromatic heterocycles. The van der Waals surface area contributed by atoms with Gasteiger partial charge in [-0.2, -0.15) is 0 Å². The number of hydrogen-bond donors (Lipinski definition) is 0. The fourth-order valence-electron chi connectivity index (χ4n) is 1.77. The van der Waals surface area contributed by atoms with E-state index in [0.29, 0.717) is 12.7 Å². The Kier molecular flexibility index (Phi) is 4.88. The lowest BCUT2D eigenvalue weighted by molar-refractivity contribution is -0.0257. The van der Waals surface area contributed by atoms with Gasteiger partial charge in [0.15, 0.2) is 0 Å². The first kappa shape index (κ1) is 12.3. The summed E-state index contributed by atoms with van der Waals surface area (Å²) >= 11 is 0. The third-order valence-electron chi connectivity index (χ3n) is 2.43. The highest BCUT2D eigenvalue weighted by Crippen LogP contribution is 2.15. The van der Waals surface area contributed by atoms with Gasteiger partial charge >= 0.3 is 6.09 Å². The van der Waals surface area contributed by atoms with Crippen molar-refractivity contribution in [3.8, 4) is 0 Å². The minimum Gasteiger partial charge on any atom is -0.450 e. The van der Waals surface area contributed by atoms with E-state index in [0.717, 1.165) is 25.9 Å². The number of likely N-dealkylation sites (tertiary alicyclic amines) is 1. The molecule has 0 N–H and O–H groups in total. The molecule has 4 heteroatoms. The molecule has 0 radical (unpaired) electrons. The molecule has 1 fully saturated rings. The monoisotopic (exact) mass is 215 g/mol. The van der Waals surface area contributed by atoms with Crippen LogP contribution in [0.4, 0.5) is 4.79 Å². The van der Waals surface area contributed by atoms with E-state index in [-0.39, 0.29) is 12.2 Å². The zero-order valence-electron chi connectivity index (χ0n) is 9.86. The summed E-state index contributed by atoms with van der Waals surface area (Å²) in [5.74, 6) is 0. The van der Waals surface area contributed by atoms with E-state index < -0.39 is 0 Å². The second-order valence-electron chi connectivity index (χ2n) is 4.07. The third-order valence-corrected chi connectivity index (χ3v) is 2.43. The normalized spacial score (nSPS) is 18.3. The summed E-state index contributed by atoms with van der Waals surface area (Å²) in [4.78, 5) is 13.1. The van der Waals surface area contributed by atoms with Gasteiger partial charge in [0.1, 0.15) is 0 Å². The first-order valence-corrected chi connectivity index (χ1v) is 5.70. The fourth-order valence-corrected chi connectivity index (χ4v) is 1.77. The van der Waals surface area contributed by atoms with Crippen LogP contribution in [-0.2, 0) is 9.47 Å². The van der Waals surface area contributed by atoms with Gasteiger partial charge < -0.3 is 14.4 Å². The molecule has 1 aliphatic rings. The maximum atomic E-state index is 11.4. The zero-order valence-corrected chi connectivity index (χ0v) is 9.86. The molecule has 0 aliphatic carbocycles. The van der Waals surface area contributed by atoms with Crippen molar-refractivity contribution in [1.29, 1.82) is 0 Å². The van der Waals surface area contributed by atoms with Crippen LogP contribution < -0.4 is 0 Å². The second-order valence-corrected chi connectivity index (χ2v) is 4.07. The Balaban J connectivity index is 2.26. The van der Waals surface area contributed by atoms with E-state index in [2.05, 4.69) is 0 Å². The smallest absolute Gasteiger partial charge is 0.409 e. The highest BCUT2D eigenvalue weighted by Gasteiger charge is 2.24. The number of hydrogen-bond acceptors (Lipinski definition) is 3. The van der Waals surface area contributed by atoms with E-state index in [1.165, 1.54) is 0 Å². The van der Waals surface area contributed by atoms with Gasteiger partial charge in [0, 0.05) is 13.1 Å². The van der Waals surface area contributed by atoms with Gasteiger partial charge in [0.2, 0.25) is 0 Å². The lowest BCUT2D eigenvalue weighted by Gasteiger charge is -2.32. The summed E-state index contributed by atoms with van der Waals surface area (Å²) in [5.41, 5.74) is 0. The Morgan fingerprint density at radius 1 is 1.40 bits per heavy atom. The number of carbonyl (C=O) groups excluding carboxylic acids is 1. The summed E-state index contributed by atoms with van der Waals surface area (Å²) in [7, 11) is 0. The van der Waals surface area contributed by atoms with E-state index >= 15 is 0 Å². The summed E-state index contributed by atoms with van der Waals surface area (Å²) in [6, 6.07) is 0. The van der Waals surface area contributed by atoms with Crippen molar-refractivity contribution in [2.24, 2.45) is 0 Å². The summed E-state index contributed by atoms with van der Waals surface area (Å²) < 4.78 is 10.6. The van der Waals surface area contributed by atoms with Crippen LogP contribution in [0.3, 0.4) is 0 Å². The van der Waals surface area contributed by atoms with Gasteiger partial charge in [0.05, 0.1) is 18.8 Å². The van der Waals surface area contributed by atoms with Crippen LogP contribution in [0.1, 0.15) is 33.6 Å². The molecule has 15 heavy (non-hydrogen) atoms. The highest BCUT2D eigenvalue weighted by molar-refractivity contribution is 5.67. The second kappa shape index (κ2) is 5.95. The molecule has 0 bridgehead atoms. The minimum atomic E-state index is -0.194. The molecule has 1 amide bonds. The summed E-state index contributed by atoms with van der Waals surface area (Å²) in [6.45, 7) is 7.84. The molecule has 0 atom stereocenters. The van der Waals surface area contributed by atoms with Crippen LogP contribution >= 0.6 is 0 Å². The molecule has 0 saturated carbocycles. The first-order chi connectivity index (χ1) is 7.13. The molecule has 0 aromatic rings. The molecule has 0 spiro atoms. The molecule has 1 aliphatic heterocycles. The standard InChI is InChI=1S/C11H21NO3/c1-4-14-11(13)12-7-5-10(6-8-12)15-9(2)3/h9-10H,4-8H2,1-3H3. The van der Waals surface area contributed by atoms with Crippen LogP contribution in [0.5, 0.6) is 0 Å². The Labute approximate surface area is 91.5 Å². The van der Waals surface area contributed by atoms with Gasteiger partial charge in [-0.25, -0.2) is 4.79 Å². The number of amides is 1. The summed E-state index contributed by atoms with van der Waals surface area (Å²) in [6.07, 6.45) is 2.20. The molecule has 4 nitrogen and oxygen atoms in total. The van der Waals surface area contributed by atoms with Crippen LogP contribution in [0, 0.1) is 0 Å². The Morgan fingerprint density at radius 2 is 2.00 bits per heavy atom. The van der Waals surface area contributed by atoms with Crippen molar-refractivity contribution in [3.05, 3.63) is 0 Å².